The Hall–Kier alpha value is -1.46. The predicted octanol–water partition coefficient (Wildman–Crippen LogP) is 2.78. The lowest BCUT2D eigenvalue weighted by Gasteiger charge is -2.30. The molecule has 1 aliphatic rings. The molecule has 0 aliphatic carbocycles. The van der Waals surface area contributed by atoms with Crippen molar-refractivity contribution < 1.29 is 14.3 Å². The van der Waals surface area contributed by atoms with Crippen molar-refractivity contribution in [3.8, 4) is 11.5 Å². The van der Waals surface area contributed by atoms with Gasteiger partial charge in [0.05, 0.1) is 13.2 Å². The quantitative estimate of drug-likeness (QED) is 0.703. The SMILES string of the molecule is CCOc1ccccc1OCCCC(=O)NC1CNCCC1C.Cl. The van der Waals surface area contributed by atoms with E-state index in [9.17, 15) is 4.79 Å². The van der Waals surface area contributed by atoms with Crippen LogP contribution in [0.1, 0.15) is 33.1 Å². The molecular formula is C18H29ClN2O3. The van der Waals surface area contributed by atoms with Crippen molar-refractivity contribution in [3.63, 3.8) is 0 Å². The number of benzene rings is 1. The summed E-state index contributed by atoms with van der Waals surface area (Å²) in [5.74, 6) is 2.13. The van der Waals surface area contributed by atoms with Crippen LogP contribution in [0.2, 0.25) is 0 Å². The van der Waals surface area contributed by atoms with Gasteiger partial charge in [0, 0.05) is 19.0 Å². The molecule has 2 atom stereocenters. The highest BCUT2D eigenvalue weighted by molar-refractivity contribution is 5.85. The van der Waals surface area contributed by atoms with Crippen molar-refractivity contribution in [2.75, 3.05) is 26.3 Å². The van der Waals surface area contributed by atoms with Crippen LogP contribution in [0.15, 0.2) is 24.3 Å². The average Bonchev–Trinajstić information content (AvgIpc) is 2.55. The lowest BCUT2D eigenvalue weighted by molar-refractivity contribution is -0.122. The zero-order valence-electron chi connectivity index (χ0n) is 14.5. The van der Waals surface area contributed by atoms with Crippen LogP contribution in [0.4, 0.5) is 0 Å². The Balaban J connectivity index is 0.00000288. The summed E-state index contributed by atoms with van der Waals surface area (Å²) in [6.45, 7) is 7.17. The second-order valence-electron chi connectivity index (χ2n) is 5.98. The van der Waals surface area contributed by atoms with E-state index in [1.54, 1.807) is 0 Å². The van der Waals surface area contributed by atoms with E-state index in [2.05, 4.69) is 17.6 Å². The number of hydrogen-bond acceptors (Lipinski definition) is 4. The van der Waals surface area contributed by atoms with Crippen molar-refractivity contribution in [1.82, 2.24) is 10.6 Å². The molecule has 1 aromatic carbocycles. The molecule has 24 heavy (non-hydrogen) atoms. The average molecular weight is 357 g/mol. The van der Waals surface area contributed by atoms with Gasteiger partial charge < -0.3 is 20.1 Å². The monoisotopic (exact) mass is 356 g/mol. The van der Waals surface area contributed by atoms with E-state index in [4.69, 9.17) is 9.47 Å². The second-order valence-corrected chi connectivity index (χ2v) is 5.98. The topological polar surface area (TPSA) is 59.6 Å². The van der Waals surface area contributed by atoms with Crippen molar-refractivity contribution in [2.24, 2.45) is 5.92 Å². The van der Waals surface area contributed by atoms with Crippen molar-refractivity contribution in [1.29, 1.82) is 0 Å². The highest BCUT2D eigenvalue weighted by atomic mass is 35.5. The number of hydrogen-bond donors (Lipinski definition) is 2. The van der Waals surface area contributed by atoms with E-state index in [0.717, 1.165) is 31.0 Å². The summed E-state index contributed by atoms with van der Waals surface area (Å²) < 4.78 is 11.3. The molecule has 1 amide bonds. The molecule has 0 aromatic heterocycles. The Morgan fingerprint density at radius 3 is 2.67 bits per heavy atom. The fourth-order valence-corrected chi connectivity index (χ4v) is 2.72. The Kier molecular flexibility index (Phi) is 9.57. The third-order valence-electron chi connectivity index (χ3n) is 4.13. The first-order valence-electron chi connectivity index (χ1n) is 8.55. The molecular weight excluding hydrogens is 328 g/mol. The van der Waals surface area contributed by atoms with Gasteiger partial charge in [-0.3, -0.25) is 4.79 Å². The zero-order valence-corrected chi connectivity index (χ0v) is 15.4. The van der Waals surface area contributed by atoms with Gasteiger partial charge in [-0.1, -0.05) is 19.1 Å². The number of ether oxygens (including phenoxy) is 2. The molecule has 0 saturated carbocycles. The summed E-state index contributed by atoms with van der Waals surface area (Å²) in [7, 11) is 0. The number of piperidine rings is 1. The minimum atomic E-state index is 0. The zero-order chi connectivity index (χ0) is 16.5. The van der Waals surface area contributed by atoms with Crippen LogP contribution in [0.5, 0.6) is 11.5 Å². The lowest BCUT2D eigenvalue weighted by atomic mass is 9.95. The fourth-order valence-electron chi connectivity index (χ4n) is 2.72. The van der Waals surface area contributed by atoms with Gasteiger partial charge in [-0.25, -0.2) is 0 Å². The maximum Gasteiger partial charge on any atom is 0.220 e. The summed E-state index contributed by atoms with van der Waals surface area (Å²) in [5.41, 5.74) is 0. The Morgan fingerprint density at radius 1 is 1.29 bits per heavy atom. The third kappa shape index (κ3) is 6.57. The summed E-state index contributed by atoms with van der Waals surface area (Å²) >= 11 is 0. The molecule has 1 aliphatic heterocycles. The van der Waals surface area contributed by atoms with Crippen molar-refractivity contribution >= 4 is 18.3 Å². The highest BCUT2D eigenvalue weighted by Gasteiger charge is 2.22. The molecule has 136 valence electrons. The first-order chi connectivity index (χ1) is 11.2. The molecule has 5 nitrogen and oxygen atoms in total. The summed E-state index contributed by atoms with van der Waals surface area (Å²) in [6.07, 6.45) is 2.29. The van der Waals surface area contributed by atoms with E-state index in [0.29, 0.717) is 32.0 Å². The van der Waals surface area contributed by atoms with Crippen LogP contribution in [0.3, 0.4) is 0 Å². The van der Waals surface area contributed by atoms with Crippen LogP contribution >= 0.6 is 12.4 Å². The number of rotatable bonds is 8. The van der Waals surface area contributed by atoms with Crippen LogP contribution in [0, 0.1) is 5.92 Å². The normalized spacial score (nSPS) is 19.9. The minimum Gasteiger partial charge on any atom is -0.490 e. The lowest BCUT2D eigenvalue weighted by Crippen LogP contribution is -2.50. The summed E-state index contributed by atoms with van der Waals surface area (Å²) in [4.78, 5) is 12.0. The number of amides is 1. The number of carbonyl (C=O) groups is 1. The Morgan fingerprint density at radius 2 is 2.00 bits per heavy atom. The van der Waals surface area contributed by atoms with Gasteiger partial charge >= 0.3 is 0 Å². The van der Waals surface area contributed by atoms with Gasteiger partial charge in [0.25, 0.3) is 0 Å². The van der Waals surface area contributed by atoms with Crippen molar-refractivity contribution in [3.05, 3.63) is 24.3 Å². The first kappa shape index (κ1) is 20.6. The molecule has 6 heteroatoms. The van der Waals surface area contributed by atoms with Gasteiger partial charge in [-0.15, -0.1) is 12.4 Å². The highest BCUT2D eigenvalue weighted by Crippen LogP contribution is 2.26. The van der Waals surface area contributed by atoms with Crippen LogP contribution in [-0.4, -0.2) is 38.3 Å². The first-order valence-corrected chi connectivity index (χ1v) is 8.55. The maximum atomic E-state index is 12.0. The van der Waals surface area contributed by atoms with Gasteiger partial charge in [0.1, 0.15) is 0 Å². The number of nitrogens with one attached hydrogen (secondary N) is 2. The van der Waals surface area contributed by atoms with Gasteiger partial charge in [-0.05, 0) is 44.4 Å². The maximum absolute atomic E-state index is 12.0. The van der Waals surface area contributed by atoms with E-state index in [1.807, 2.05) is 31.2 Å². The molecule has 2 rings (SSSR count). The number of halogens is 1. The van der Waals surface area contributed by atoms with E-state index >= 15 is 0 Å². The van der Waals surface area contributed by atoms with Crippen LogP contribution in [-0.2, 0) is 4.79 Å². The largest absolute Gasteiger partial charge is 0.490 e. The predicted molar refractivity (Wildman–Crippen MR) is 98.2 cm³/mol. The van der Waals surface area contributed by atoms with E-state index in [-0.39, 0.29) is 24.4 Å². The molecule has 1 aromatic rings. The molecule has 1 fully saturated rings. The third-order valence-corrected chi connectivity index (χ3v) is 4.13. The molecule has 0 bridgehead atoms. The minimum absolute atomic E-state index is 0. The van der Waals surface area contributed by atoms with E-state index in [1.165, 1.54) is 0 Å². The fraction of sp³-hybridized carbons (Fsp3) is 0.611. The summed E-state index contributed by atoms with van der Waals surface area (Å²) in [6, 6.07) is 7.87. The molecule has 0 spiro atoms. The number of carbonyl (C=O) groups excluding carboxylic acids is 1. The molecule has 1 heterocycles. The van der Waals surface area contributed by atoms with Crippen molar-refractivity contribution in [2.45, 2.75) is 39.2 Å². The molecule has 2 unspecified atom stereocenters. The molecule has 0 radical (unpaired) electrons. The standard InChI is InChI=1S/C18H28N2O3.ClH/c1-3-22-16-7-4-5-8-17(16)23-12-6-9-18(21)20-15-13-19-11-10-14(15)2;/h4-5,7-8,14-15,19H,3,6,9-13H2,1-2H3,(H,20,21);1H. The van der Waals surface area contributed by atoms with Gasteiger partial charge in [-0.2, -0.15) is 0 Å². The summed E-state index contributed by atoms with van der Waals surface area (Å²) in [5, 5.41) is 6.44. The Bertz CT molecular complexity index is 499. The van der Waals surface area contributed by atoms with Gasteiger partial charge in [0.15, 0.2) is 11.5 Å². The van der Waals surface area contributed by atoms with Gasteiger partial charge in [0.2, 0.25) is 5.91 Å². The smallest absolute Gasteiger partial charge is 0.220 e. The molecule has 1 saturated heterocycles. The van der Waals surface area contributed by atoms with E-state index < -0.39 is 0 Å². The Labute approximate surface area is 150 Å². The number of para-hydroxylation sites is 2. The second kappa shape index (κ2) is 11.2. The molecule has 2 N–H and O–H groups in total. The van der Waals surface area contributed by atoms with Crippen LogP contribution in [0.25, 0.3) is 0 Å². The van der Waals surface area contributed by atoms with Crippen LogP contribution < -0.4 is 20.1 Å².